The summed E-state index contributed by atoms with van der Waals surface area (Å²) in [4.78, 5) is 98.0. The fraction of sp³-hybridized carbons (Fsp3) is 0.305. The zero-order valence-electron chi connectivity index (χ0n) is 81.7. The van der Waals surface area contributed by atoms with Crippen LogP contribution in [0.25, 0.3) is 0 Å². The predicted octanol–water partition coefficient (Wildman–Crippen LogP) is 20.6. The second-order valence-electron chi connectivity index (χ2n) is 35.2. The van der Waals surface area contributed by atoms with Crippen molar-refractivity contribution in [1.29, 1.82) is 0 Å². The molecule has 2 fully saturated rings. The molecule has 37 heteroatoms. The first kappa shape index (κ1) is 110. The molecule has 750 valence electrons. The van der Waals surface area contributed by atoms with E-state index in [-0.39, 0.29) is 108 Å². The van der Waals surface area contributed by atoms with Crippen LogP contribution in [0.4, 0.5) is 0 Å². The lowest BCUT2D eigenvalue weighted by Crippen LogP contribution is -2.41. The molecule has 12 aromatic rings. The van der Waals surface area contributed by atoms with Gasteiger partial charge in [-0.1, -0.05) is 75.3 Å². The molecule has 0 radical (unpaired) electrons. The second kappa shape index (κ2) is 49.4. The van der Waals surface area contributed by atoms with E-state index in [1.54, 1.807) is 201 Å². The highest BCUT2D eigenvalue weighted by molar-refractivity contribution is 7.91. The van der Waals surface area contributed by atoms with Crippen LogP contribution in [0, 0.1) is 29.6 Å². The molecule has 0 bridgehead atoms. The average molecular weight is 2040 g/mol. The molecule has 5 heterocycles. The van der Waals surface area contributed by atoms with Crippen molar-refractivity contribution >= 4 is 84.2 Å². The smallest absolute Gasteiger partial charge is 0.321 e. The molecular formula is C105H115N7O25S5. The number of amides is 1. The molecule has 142 heavy (non-hydrogen) atoms. The summed E-state index contributed by atoms with van der Waals surface area (Å²) < 4.78 is 170. The number of carbonyl (C=O) groups excluding carboxylic acids is 6. The number of ether oxygens (including phenoxy) is 9. The molecule has 0 atom stereocenters. The van der Waals surface area contributed by atoms with E-state index >= 15 is 0 Å². The van der Waals surface area contributed by atoms with Gasteiger partial charge in [-0.05, 0) is 215 Å². The van der Waals surface area contributed by atoms with Gasteiger partial charge in [0, 0.05) is 175 Å². The number of carbonyl (C=O) groups is 6. The summed E-state index contributed by atoms with van der Waals surface area (Å²) in [6.45, 7) is 24.4. The lowest BCUT2D eigenvalue weighted by molar-refractivity contribution is 0.0791. The van der Waals surface area contributed by atoms with E-state index in [0.717, 1.165) is 37.9 Å². The van der Waals surface area contributed by atoms with Crippen LogP contribution < -0.4 is 42.6 Å². The number of ketones is 5. The van der Waals surface area contributed by atoms with E-state index in [9.17, 15) is 70.9 Å². The minimum absolute atomic E-state index is 0.00903. The van der Waals surface area contributed by atoms with Crippen molar-refractivity contribution in [1.82, 2.24) is 34.1 Å². The number of Topliss-reactive ketones (excluding diaryl/α,β-unsaturated/α-hetero) is 5. The fourth-order valence-electron chi connectivity index (χ4n) is 13.8. The topological polar surface area (TPSA) is 427 Å². The lowest BCUT2D eigenvalue weighted by Gasteiger charge is -2.30. The Bertz CT molecular complexity index is 6600. The number of hydrogen-bond donors (Lipinski definition) is 0. The molecule has 3 aromatic heterocycles. The number of rotatable bonds is 34. The molecule has 1 amide bonds. The van der Waals surface area contributed by atoms with E-state index in [1.165, 1.54) is 77.7 Å². The number of piperidine rings is 1. The number of benzene rings is 9. The summed E-state index contributed by atoms with van der Waals surface area (Å²) in [5.41, 5.74) is 2.73. The monoisotopic (exact) mass is 2030 g/mol. The third-order valence-electron chi connectivity index (χ3n) is 21.0. The van der Waals surface area contributed by atoms with E-state index in [0.29, 0.717) is 153 Å². The number of pyridine rings is 1. The number of likely N-dealkylation sites (tertiary alicyclic amines) is 1. The van der Waals surface area contributed by atoms with Gasteiger partial charge in [0.25, 0.3) is 5.91 Å². The van der Waals surface area contributed by atoms with Gasteiger partial charge in [-0.3, -0.25) is 33.8 Å². The van der Waals surface area contributed by atoms with Crippen LogP contribution in [0.2, 0.25) is 0 Å². The van der Waals surface area contributed by atoms with Crippen molar-refractivity contribution in [2.45, 2.75) is 141 Å². The van der Waals surface area contributed by atoms with Gasteiger partial charge < -0.3 is 47.5 Å². The standard InChI is InChI=1S/C22H25NO5S.C22H21NO5S.2C21H20N2O5S.C19H29NO5S/c1-15(2)21(24)16-12-17(22(25)23-10-4-5-11-23)14-19(13-16)28-18-6-8-20(9-7-18)29(3,26)27;1-15(2)22(24)16-12-18(14-19(13-16)28-21-6-4-5-11-23-21)27-17-7-9-20(10-8-17)29(3,25)26;1-14(2)20(24)15-11-17(13-18(12-15)28-21-22-9-4-10-23-21)27-16-5-7-19(8-6-16)29(3,25)26;1-14(2)21(24)15-10-17(12-18(11-15)28-20-13-22-8-9-23-20)27-16-4-6-19(7-5-16)29(3,25)26;1-13(2)19(21)15-10-17(24-14(3)4)12-18(11-15)25-16-6-8-20(9-7-16)26(5,22)23/h6-9,12-15H,4-5,10-11H2,1-3H3;4-15H,1-3H3;2*4-14H,1-3H3;10-14,16H,6-9H2,1-5H3. The maximum Gasteiger partial charge on any atom is 0.321 e. The van der Waals surface area contributed by atoms with Crippen LogP contribution in [0.1, 0.15) is 171 Å². The minimum Gasteiger partial charge on any atom is -0.491 e. The molecule has 0 N–H and O–H groups in total. The van der Waals surface area contributed by atoms with Crippen LogP contribution in [0.5, 0.6) is 92.5 Å². The third-order valence-corrected chi connectivity index (χ3v) is 26.8. The van der Waals surface area contributed by atoms with E-state index < -0.39 is 49.4 Å². The molecule has 2 aliphatic rings. The Labute approximate surface area is 829 Å². The molecule has 14 rings (SSSR count). The van der Waals surface area contributed by atoms with Crippen molar-refractivity contribution in [2.24, 2.45) is 29.6 Å². The Morgan fingerprint density at radius 2 is 0.613 bits per heavy atom. The summed E-state index contributed by atoms with van der Waals surface area (Å²) in [5.74, 6) is 4.98. The summed E-state index contributed by atoms with van der Waals surface area (Å²) in [6.07, 6.45) is 18.1. The molecule has 9 aromatic carbocycles. The Morgan fingerprint density at radius 3 is 0.944 bits per heavy atom. The first-order valence-corrected chi connectivity index (χ1v) is 54.7. The van der Waals surface area contributed by atoms with Crippen LogP contribution in [0.15, 0.2) is 269 Å². The number of sulfone groups is 4. The predicted molar refractivity (Wildman–Crippen MR) is 536 cm³/mol. The highest BCUT2D eigenvalue weighted by Crippen LogP contribution is 2.38. The van der Waals surface area contributed by atoms with Crippen LogP contribution >= 0.6 is 0 Å². The maximum atomic E-state index is 12.8. The minimum atomic E-state index is -3.30. The van der Waals surface area contributed by atoms with E-state index in [4.69, 9.17) is 42.6 Å². The van der Waals surface area contributed by atoms with Crippen molar-refractivity contribution in [2.75, 3.05) is 57.5 Å². The maximum absolute atomic E-state index is 12.8. The summed E-state index contributed by atoms with van der Waals surface area (Å²) in [7, 11) is -16.3. The van der Waals surface area contributed by atoms with Gasteiger partial charge in [-0.15, -0.1) is 0 Å². The molecule has 0 saturated carbocycles. The van der Waals surface area contributed by atoms with Gasteiger partial charge in [0.2, 0.25) is 21.8 Å². The molecule has 2 saturated heterocycles. The first-order valence-electron chi connectivity index (χ1n) is 45.3. The van der Waals surface area contributed by atoms with Gasteiger partial charge in [0.1, 0.15) is 80.8 Å². The summed E-state index contributed by atoms with van der Waals surface area (Å²) >= 11 is 0. The van der Waals surface area contributed by atoms with E-state index in [2.05, 4.69) is 24.9 Å². The Hall–Kier alpha value is -14.0. The number of nitrogens with zero attached hydrogens (tertiary/aromatic N) is 7. The molecule has 32 nitrogen and oxygen atoms in total. The average Bonchev–Trinajstić information content (AvgIpc) is 1.02. The molecule has 2 aliphatic heterocycles. The third kappa shape index (κ3) is 33.9. The van der Waals surface area contributed by atoms with Crippen molar-refractivity contribution in [3.05, 3.63) is 283 Å². The number of aromatic nitrogens is 5. The van der Waals surface area contributed by atoms with Gasteiger partial charge in [0.15, 0.2) is 68.3 Å². The Kier molecular flexibility index (Phi) is 38.3. The van der Waals surface area contributed by atoms with E-state index in [1.807, 2.05) is 69.2 Å². The highest BCUT2D eigenvalue weighted by Gasteiger charge is 2.29. The molecule has 0 aliphatic carbocycles. The quantitative estimate of drug-likeness (QED) is 0.0338. The fourth-order valence-corrected chi connectivity index (χ4v) is 17.2. The number of hydrogen-bond acceptors (Lipinski definition) is 30. The number of sulfonamides is 1. The van der Waals surface area contributed by atoms with Gasteiger partial charge in [-0.25, -0.2) is 66.3 Å². The molecular weight excluding hydrogens is 1920 g/mol. The summed E-state index contributed by atoms with van der Waals surface area (Å²) in [6, 6.07) is 56.0. The zero-order chi connectivity index (χ0) is 104. The van der Waals surface area contributed by atoms with Crippen molar-refractivity contribution in [3.8, 4) is 92.5 Å². The second-order valence-corrected chi connectivity index (χ2v) is 45.2. The first-order chi connectivity index (χ1) is 66.9. The van der Waals surface area contributed by atoms with Crippen LogP contribution in [-0.4, -0.2) is 181 Å². The SMILES string of the molecule is CC(C)C(=O)c1cc(Oc2ccc(S(C)(=O)=O)cc2)cc(C(=O)N2CCCC2)c1.CC(C)C(=O)c1cc(Oc2ccc(S(C)(=O)=O)cc2)cc(Oc2ccccn2)c1.CC(C)C(=O)c1cc(Oc2ccc(S(C)(=O)=O)cc2)cc(Oc2cnccn2)c1.CC(C)C(=O)c1cc(Oc2ccc(S(C)(=O)=O)cc2)cc(Oc2ncccn2)c1.CC(C)Oc1cc(OC2CCN(S(C)(=O)=O)CC2)cc(C(=O)C(C)C)c1. The lowest BCUT2D eigenvalue weighted by atomic mass is 9.98. The highest BCUT2D eigenvalue weighted by atomic mass is 32.2. The Morgan fingerprint density at radius 1 is 0.303 bits per heavy atom. The van der Waals surface area contributed by atoms with Crippen molar-refractivity contribution in [3.63, 3.8) is 0 Å². The largest absolute Gasteiger partial charge is 0.491 e. The normalized spacial score (nSPS) is 12.9. The van der Waals surface area contributed by atoms with Crippen LogP contribution in [-0.2, 0) is 49.4 Å². The molecule has 0 unspecified atom stereocenters. The zero-order valence-corrected chi connectivity index (χ0v) is 85.8. The summed E-state index contributed by atoms with van der Waals surface area (Å²) in [5, 5.41) is 0. The van der Waals surface area contributed by atoms with Crippen LogP contribution in [0.3, 0.4) is 0 Å². The Balaban J connectivity index is 0.000000183. The van der Waals surface area contributed by atoms with Gasteiger partial charge >= 0.3 is 6.01 Å². The van der Waals surface area contributed by atoms with Gasteiger partial charge in [-0.2, -0.15) is 0 Å². The van der Waals surface area contributed by atoms with Crippen molar-refractivity contribution < 1.29 is 113 Å². The van der Waals surface area contributed by atoms with Gasteiger partial charge in [0.05, 0.1) is 38.1 Å². The molecule has 0 spiro atoms.